The molecule has 1 saturated heterocycles. The van der Waals surface area contributed by atoms with Crippen molar-refractivity contribution in [3.8, 4) is 5.00 Å². The smallest absolute Gasteiger partial charge is 0.257 e. The minimum Gasteiger partial charge on any atom is -0.375 e. The highest BCUT2D eigenvalue weighted by molar-refractivity contribution is 7.15. The molecule has 1 unspecified atom stereocenters. The second-order valence-corrected chi connectivity index (χ2v) is 6.69. The number of amides is 1. The van der Waals surface area contributed by atoms with Gasteiger partial charge in [0, 0.05) is 30.4 Å². The highest BCUT2D eigenvalue weighted by atomic mass is 32.1. The van der Waals surface area contributed by atoms with E-state index >= 15 is 0 Å². The van der Waals surface area contributed by atoms with Crippen LogP contribution in [-0.4, -0.2) is 41.2 Å². The average Bonchev–Trinajstić information content (AvgIpc) is 3.08. The highest BCUT2D eigenvalue weighted by Gasteiger charge is 2.28. The van der Waals surface area contributed by atoms with E-state index in [1.54, 1.807) is 11.3 Å². The van der Waals surface area contributed by atoms with Gasteiger partial charge in [-0.3, -0.25) is 4.79 Å². The van der Waals surface area contributed by atoms with Gasteiger partial charge in [0.25, 0.3) is 5.91 Å². The molecule has 1 amide bonds. The topological polar surface area (TPSA) is 34.5 Å². The summed E-state index contributed by atoms with van der Waals surface area (Å²) in [6.45, 7) is 8.08. The summed E-state index contributed by atoms with van der Waals surface area (Å²) < 4.78 is 7.57. The maximum absolute atomic E-state index is 13.0. The lowest BCUT2D eigenvalue weighted by molar-refractivity contribution is -0.0124. The number of ether oxygens (including phenoxy) is 1. The van der Waals surface area contributed by atoms with Crippen LogP contribution in [0.4, 0.5) is 0 Å². The predicted molar refractivity (Wildman–Crippen MR) is 84.4 cm³/mol. The molecule has 21 heavy (non-hydrogen) atoms. The fourth-order valence-corrected chi connectivity index (χ4v) is 3.79. The number of hydrogen-bond acceptors (Lipinski definition) is 3. The van der Waals surface area contributed by atoms with E-state index in [0.29, 0.717) is 19.7 Å². The minimum atomic E-state index is 0.109. The Hall–Kier alpha value is -1.59. The second-order valence-electron chi connectivity index (χ2n) is 5.49. The molecule has 1 fully saturated rings. The fraction of sp³-hybridized carbons (Fsp3) is 0.438. The molecule has 1 aliphatic rings. The number of morpholine rings is 1. The number of nitrogens with zero attached hydrogens (tertiary/aromatic N) is 2. The van der Waals surface area contributed by atoms with Gasteiger partial charge in [-0.2, -0.15) is 0 Å². The first-order valence-corrected chi connectivity index (χ1v) is 8.03. The van der Waals surface area contributed by atoms with Gasteiger partial charge in [-0.15, -0.1) is 11.3 Å². The summed E-state index contributed by atoms with van der Waals surface area (Å²) >= 11 is 1.68. The Bertz CT molecular complexity index is 646. The number of rotatable bonds is 2. The number of aryl methyl sites for hydroxylation is 1. The Morgan fingerprint density at radius 2 is 2.05 bits per heavy atom. The van der Waals surface area contributed by atoms with Gasteiger partial charge in [-0.05, 0) is 38.5 Å². The highest BCUT2D eigenvalue weighted by Crippen LogP contribution is 2.32. The van der Waals surface area contributed by atoms with E-state index < -0.39 is 0 Å². The molecule has 3 heterocycles. The van der Waals surface area contributed by atoms with Crippen LogP contribution in [-0.2, 0) is 4.74 Å². The van der Waals surface area contributed by atoms with Crippen molar-refractivity contribution in [1.29, 1.82) is 0 Å². The molecule has 5 heteroatoms. The van der Waals surface area contributed by atoms with Crippen molar-refractivity contribution in [3.05, 3.63) is 40.5 Å². The monoisotopic (exact) mass is 304 g/mol. The Labute approximate surface area is 128 Å². The van der Waals surface area contributed by atoms with Crippen molar-refractivity contribution in [1.82, 2.24) is 9.47 Å². The van der Waals surface area contributed by atoms with E-state index in [9.17, 15) is 4.79 Å². The lowest BCUT2D eigenvalue weighted by atomic mass is 10.1. The molecular formula is C16H20N2O2S. The zero-order valence-electron chi connectivity index (χ0n) is 12.6. The molecule has 0 spiro atoms. The van der Waals surface area contributed by atoms with Crippen molar-refractivity contribution < 1.29 is 9.53 Å². The molecule has 1 atom stereocenters. The Balaban J connectivity index is 1.99. The van der Waals surface area contributed by atoms with E-state index in [0.717, 1.165) is 16.1 Å². The maximum Gasteiger partial charge on any atom is 0.257 e. The van der Waals surface area contributed by atoms with Gasteiger partial charge < -0.3 is 14.2 Å². The van der Waals surface area contributed by atoms with Crippen LogP contribution >= 0.6 is 11.3 Å². The lowest BCUT2D eigenvalue weighted by Gasteiger charge is -2.31. The third-order valence-corrected chi connectivity index (χ3v) is 5.17. The van der Waals surface area contributed by atoms with Crippen LogP contribution < -0.4 is 0 Å². The number of carbonyl (C=O) groups is 1. The molecule has 0 aliphatic carbocycles. The first kappa shape index (κ1) is 14.4. The van der Waals surface area contributed by atoms with Crippen molar-refractivity contribution in [3.63, 3.8) is 0 Å². The standard InChI is InChI=1S/C16H20N2O2S/c1-11-10-18(8-9-20-11)15(19)14-12(2)13(3)21-16(14)17-6-4-5-7-17/h4-7,11H,8-10H2,1-3H3. The molecule has 112 valence electrons. The Kier molecular flexibility index (Phi) is 3.87. The van der Waals surface area contributed by atoms with Crippen LogP contribution in [0.25, 0.3) is 5.00 Å². The first-order valence-electron chi connectivity index (χ1n) is 7.22. The van der Waals surface area contributed by atoms with Crippen LogP contribution in [0.5, 0.6) is 0 Å². The van der Waals surface area contributed by atoms with Crippen molar-refractivity contribution in [2.45, 2.75) is 26.9 Å². The van der Waals surface area contributed by atoms with Gasteiger partial charge in [0.2, 0.25) is 0 Å². The Morgan fingerprint density at radius 1 is 1.33 bits per heavy atom. The van der Waals surface area contributed by atoms with E-state index in [-0.39, 0.29) is 12.0 Å². The largest absolute Gasteiger partial charge is 0.375 e. The number of aromatic nitrogens is 1. The molecule has 2 aromatic rings. The molecule has 1 aliphatic heterocycles. The third kappa shape index (κ3) is 2.63. The van der Waals surface area contributed by atoms with Crippen molar-refractivity contribution in [2.75, 3.05) is 19.7 Å². The van der Waals surface area contributed by atoms with Crippen LogP contribution in [0.2, 0.25) is 0 Å². The summed E-state index contributed by atoms with van der Waals surface area (Å²) in [6.07, 6.45) is 4.09. The maximum atomic E-state index is 13.0. The molecule has 3 rings (SSSR count). The van der Waals surface area contributed by atoms with Gasteiger partial charge >= 0.3 is 0 Å². The van der Waals surface area contributed by atoms with E-state index in [4.69, 9.17) is 4.74 Å². The SMILES string of the molecule is Cc1sc(-n2cccc2)c(C(=O)N2CCOC(C)C2)c1C. The van der Waals surface area contributed by atoms with E-state index in [1.807, 2.05) is 47.8 Å². The van der Waals surface area contributed by atoms with Gasteiger partial charge in [0.05, 0.1) is 18.3 Å². The molecule has 0 radical (unpaired) electrons. The quantitative estimate of drug-likeness (QED) is 0.855. The third-order valence-electron chi connectivity index (χ3n) is 3.95. The summed E-state index contributed by atoms with van der Waals surface area (Å²) in [5, 5.41) is 1.01. The molecule has 2 aromatic heterocycles. The van der Waals surface area contributed by atoms with Gasteiger partial charge in [0.15, 0.2) is 0 Å². The fourth-order valence-electron chi connectivity index (χ4n) is 2.67. The normalized spacial score (nSPS) is 19.0. The number of thiophene rings is 1. The predicted octanol–water partition coefficient (Wildman–Crippen LogP) is 3.02. The van der Waals surface area contributed by atoms with Gasteiger partial charge in [-0.25, -0.2) is 0 Å². The van der Waals surface area contributed by atoms with E-state index in [2.05, 4.69) is 6.92 Å². The van der Waals surface area contributed by atoms with E-state index in [1.165, 1.54) is 4.88 Å². The number of hydrogen-bond donors (Lipinski definition) is 0. The van der Waals surface area contributed by atoms with Gasteiger partial charge in [-0.1, -0.05) is 0 Å². The lowest BCUT2D eigenvalue weighted by Crippen LogP contribution is -2.44. The first-order chi connectivity index (χ1) is 10.1. The molecule has 0 aromatic carbocycles. The number of carbonyl (C=O) groups excluding carboxylic acids is 1. The summed E-state index contributed by atoms with van der Waals surface area (Å²) in [5.74, 6) is 0.121. The van der Waals surface area contributed by atoms with Crippen molar-refractivity contribution >= 4 is 17.2 Å². The molecular weight excluding hydrogens is 284 g/mol. The van der Waals surface area contributed by atoms with Crippen LogP contribution in [0.1, 0.15) is 27.7 Å². The summed E-state index contributed by atoms with van der Waals surface area (Å²) in [6, 6.07) is 3.96. The van der Waals surface area contributed by atoms with Crippen LogP contribution in [0.3, 0.4) is 0 Å². The molecule has 0 saturated carbocycles. The van der Waals surface area contributed by atoms with Crippen molar-refractivity contribution in [2.24, 2.45) is 0 Å². The molecule has 4 nitrogen and oxygen atoms in total. The van der Waals surface area contributed by atoms with Crippen LogP contribution in [0, 0.1) is 13.8 Å². The summed E-state index contributed by atoms with van der Waals surface area (Å²) in [4.78, 5) is 16.1. The Morgan fingerprint density at radius 3 is 2.71 bits per heavy atom. The molecule has 0 bridgehead atoms. The summed E-state index contributed by atoms with van der Waals surface area (Å²) in [5.41, 5.74) is 1.93. The summed E-state index contributed by atoms with van der Waals surface area (Å²) in [7, 11) is 0. The molecule has 0 N–H and O–H groups in total. The zero-order chi connectivity index (χ0) is 15.0. The van der Waals surface area contributed by atoms with Crippen LogP contribution in [0.15, 0.2) is 24.5 Å². The second kappa shape index (κ2) is 5.66. The van der Waals surface area contributed by atoms with Gasteiger partial charge in [0.1, 0.15) is 5.00 Å². The zero-order valence-corrected chi connectivity index (χ0v) is 13.4. The minimum absolute atomic E-state index is 0.109. The average molecular weight is 304 g/mol.